The van der Waals surface area contributed by atoms with Crippen molar-refractivity contribution in [1.29, 1.82) is 0 Å². The molecule has 4 heteroatoms. The van der Waals surface area contributed by atoms with Crippen molar-refractivity contribution in [1.82, 2.24) is 20.1 Å². The predicted molar refractivity (Wildman–Crippen MR) is 75.5 cm³/mol. The fraction of sp³-hybridized carbons (Fsp3) is 0.200. The van der Waals surface area contributed by atoms with Crippen LogP contribution < -0.4 is 5.32 Å². The van der Waals surface area contributed by atoms with Gasteiger partial charge in [0.2, 0.25) is 0 Å². The van der Waals surface area contributed by atoms with E-state index in [1.807, 2.05) is 42.5 Å². The van der Waals surface area contributed by atoms with Gasteiger partial charge in [0.1, 0.15) is 0 Å². The maximum Gasteiger partial charge on any atom is 0.0762 e. The van der Waals surface area contributed by atoms with Crippen LogP contribution in [0.15, 0.2) is 48.9 Å². The van der Waals surface area contributed by atoms with Gasteiger partial charge in [-0.2, -0.15) is 5.10 Å². The van der Waals surface area contributed by atoms with E-state index in [1.54, 1.807) is 0 Å². The molecule has 0 radical (unpaired) electrons. The fourth-order valence-corrected chi connectivity index (χ4v) is 2.14. The maximum absolute atomic E-state index is 4.34. The smallest absolute Gasteiger partial charge is 0.0762 e. The van der Waals surface area contributed by atoms with Gasteiger partial charge in [0.05, 0.1) is 5.69 Å². The van der Waals surface area contributed by atoms with Gasteiger partial charge in [0, 0.05) is 44.1 Å². The Kier molecular flexibility index (Phi) is 3.25. The van der Waals surface area contributed by atoms with Gasteiger partial charge in [-0.1, -0.05) is 12.1 Å². The highest BCUT2D eigenvalue weighted by Crippen LogP contribution is 2.14. The van der Waals surface area contributed by atoms with Crippen molar-refractivity contribution >= 4 is 10.8 Å². The fourth-order valence-electron chi connectivity index (χ4n) is 2.14. The van der Waals surface area contributed by atoms with E-state index in [1.165, 1.54) is 16.3 Å². The highest BCUT2D eigenvalue weighted by atomic mass is 15.3. The topological polar surface area (TPSA) is 42.7 Å². The molecule has 0 saturated heterocycles. The summed E-state index contributed by atoms with van der Waals surface area (Å²) in [6, 6.07) is 10.5. The highest BCUT2D eigenvalue weighted by Gasteiger charge is 1.98. The second-order valence-corrected chi connectivity index (χ2v) is 4.64. The highest BCUT2D eigenvalue weighted by molar-refractivity contribution is 5.81. The van der Waals surface area contributed by atoms with E-state index in [9.17, 15) is 0 Å². The molecule has 4 nitrogen and oxygen atoms in total. The van der Waals surface area contributed by atoms with Crippen LogP contribution in [0.2, 0.25) is 0 Å². The number of nitrogens with zero attached hydrogens (tertiary/aromatic N) is 3. The first kappa shape index (κ1) is 11.9. The summed E-state index contributed by atoms with van der Waals surface area (Å²) in [6.45, 7) is 1.63. The molecule has 19 heavy (non-hydrogen) atoms. The zero-order valence-electron chi connectivity index (χ0n) is 10.9. The Morgan fingerprint density at radius 2 is 2.05 bits per heavy atom. The lowest BCUT2D eigenvalue weighted by molar-refractivity contribution is 0.657. The van der Waals surface area contributed by atoms with Crippen molar-refractivity contribution in [2.24, 2.45) is 7.05 Å². The van der Waals surface area contributed by atoms with Crippen LogP contribution in [0.3, 0.4) is 0 Å². The Morgan fingerprint density at radius 3 is 2.89 bits per heavy atom. The Balaban J connectivity index is 1.65. The van der Waals surface area contributed by atoms with E-state index in [2.05, 4.69) is 33.6 Å². The first-order valence-electron chi connectivity index (χ1n) is 6.33. The molecule has 2 aromatic heterocycles. The Hall–Kier alpha value is -2.20. The van der Waals surface area contributed by atoms with E-state index in [4.69, 9.17) is 0 Å². The van der Waals surface area contributed by atoms with Crippen molar-refractivity contribution in [2.45, 2.75) is 13.1 Å². The van der Waals surface area contributed by atoms with Gasteiger partial charge < -0.3 is 5.32 Å². The molecular formula is C15H16N4. The van der Waals surface area contributed by atoms with Crippen molar-refractivity contribution < 1.29 is 0 Å². The summed E-state index contributed by atoms with van der Waals surface area (Å²) in [7, 11) is 1.93. The van der Waals surface area contributed by atoms with Crippen LogP contribution in [-0.2, 0) is 20.1 Å². The minimum absolute atomic E-state index is 0.787. The predicted octanol–water partition coefficient (Wildman–Crippen LogP) is 2.26. The molecule has 0 spiro atoms. The molecule has 0 aliphatic carbocycles. The van der Waals surface area contributed by atoms with Gasteiger partial charge >= 0.3 is 0 Å². The third-order valence-corrected chi connectivity index (χ3v) is 3.11. The summed E-state index contributed by atoms with van der Waals surface area (Å²) in [5.41, 5.74) is 2.34. The second kappa shape index (κ2) is 5.20. The van der Waals surface area contributed by atoms with Crippen LogP contribution in [0.25, 0.3) is 10.8 Å². The molecule has 0 atom stereocenters. The van der Waals surface area contributed by atoms with Crippen LogP contribution >= 0.6 is 0 Å². The van der Waals surface area contributed by atoms with Gasteiger partial charge in [-0.3, -0.25) is 9.67 Å². The molecule has 0 fully saturated rings. The zero-order valence-corrected chi connectivity index (χ0v) is 10.9. The summed E-state index contributed by atoms with van der Waals surface area (Å²) in [6.07, 6.45) is 5.67. The molecule has 96 valence electrons. The quantitative estimate of drug-likeness (QED) is 0.774. The summed E-state index contributed by atoms with van der Waals surface area (Å²) >= 11 is 0. The lowest BCUT2D eigenvalue weighted by atomic mass is 10.1. The molecule has 0 amide bonds. The normalized spacial score (nSPS) is 11.0. The molecule has 0 unspecified atom stereocenters. The van der Waals surface area contributed by atoms with Gasteiger partial charge in [-0.05, 0) is 29.1 Å². The molecule has 0 aliphatic rings. The molecule has 3 rings (SSSR count). The number of hydrogen-bond acceptors (Lipinski definition) is 3. The average molecular weight is 252 g/mol. The molecule has 3 aromatic rings. The molecule has 1 aromatic carbocycles. The van der Waals surface area contributed by atoms with Gasteiger partial charge in [0.25, 0.3) is 0 Å². The second-order valence-electron chi connectivity index (χ2n) is 4.64. The van der Waals surface area contributed by atoms with Gasteiger partial charge in [-0.25, -0.2) is 0 Å². The number of aromatic nitrogens is 3. The number of rotatable bonds is 4. The van der Waals surface area contributed by atoms with E-state index < -0.39 is 0 Å². The number of hydrogen-bond donors (Lipinski definition) is 1. The van der Waals surface area contributed by atoms with Crippen molar-refractivity contribution in [3.8, 4) is 0 Å². The van der Waals surface area contributed by atoms with Crippen LogP contribution in [0.4, 0.5) is 0 Å². The molecule has 1 N–H and O–H groups in total. The summed E-state index contributed by atoms with van der Waals surface area (Å²) in [5.74, 6) is 0. The number of benzene rings is 1. The van der Waals surface area contributed by atoms with Gasteiger partial charge in [-0.15, -0.1) is 0 Å². The first-order chi connectivity index (χ1) is 9.31. The third kappa shape index (κ3) is 2.80. The summed E-state index contributed by atoms with van der Waals surface area (Å²) < 4.78 is 1.82. The van der Waals surface area contributed by atoms with E-state index in [-0.39, 0.29) is 0 Å². The summed E-state index contributed by atoms with van der Waals surface area (Å²) in [5, 5.41) is 10.1. The number of pyridine rings is 1. The zero-order chi connectivity index (χ0) is 13.1. The minimum atomic E-state index is 0.787. The SMILES string of the molecule is Cn1ccc(CNCc2ccc3cnccc3c2)n1. The standard InChI is InChI=1S/C15H16N4/c1-19-7-5-15(18-19)11-17-9-12-2-3-14-10-16-6-4-13(14)8-12/h2-8,10,17H,9,11H2,1H3. The average Bonchev–Trinajstić information content (AvgIpc) is 2.84. The Bertz CT molecular complexity index is 687. The third-order valence-electron chi connectivity index (χ3n) is 3.11. The van der Waals surface area contributed by atoms with E-state index >= 15 is 0 Å². The van der Waals surface area contributed by atoms with E-state index in [0.29, 0.717) is 0 Å². The Labute approximate surface area is 112 Å². The largest absolute Gasteiger partial charge is 0.307 e. The molecule has 0 bridgehead atoms. The summed E-state index contributed by atoms with van der Waals surface area (Å²) in [4.78, 5) is 4.12. The van der Waals surface area contributed by atoms with Crippen LogP contribution in [0.5, 0.6) is 0 Å². The lowest BCUT2D eigenvalue weighted by Crippen LogP contribution is -2.13. The van der Waals surface area contributed by atoms with Crippen LogP contribution in [-0.4, -0.2) is 14.8 Å². The number of fused-ring (bicyclic) bond motifs is 1. The first-order valence-corrected chi connectivity index (χ1v) is 6.33. The van der Waals surface area contributed by atoms with Gasteiger partial charge in [0.15, 0.2) is 0 Å². The maximum atomic E-state index is 4.34. The molecule has 2 heterocycles. The van der Waals surface area contributed by atoms with Crippen LogP contribution in [0.1, 0.15) is 11.3 Å². The lowest BCUT2D eigenvalue weighted by Gasteiger charge is -2.05. The van der Waals surface area contributed by atoms with Crippen LogP contribution in [0, 0.1) is 0 Å². The monoisotopic (exact) mass is 252 g/mol. The van der Waals surface area contributed by atoms with Crippen molar-refractivity contribution in [3.05, 3.63) is 60.2 Å². The van der Waals surface area contributed by atoms with Crippen molar-refractivity contribution in [3.63, 3.8) is 0 Å². The van der Waals surface area contributed by atoms with Crippen molar-refractivity contribution in [2.75, 3.05) is 0 Å². The Morgan fingerprint density at radius 1 is 1.11 bits per heavy atom. The minimum Gasteiger partial charge on any atom is -0.307 e. The van der Waals surface area contributed by atoms with E-state index in [0.717, 1.165) is 18.8 Å². The molecular weight excluding hydrogens is 236 g/mol. The molecule has 0 aliphatic heterocycles. The molecule has 0 saturated carbocycles. The number of aryl methyl sites for hydroxylation is 1. The number of nitrogens with one attached hydrogen (secondary N) is 1.